The third-order valence-corrected chi connectivity index (χ3v) is 12.0. The Morgan fingerprint density at radius 2 is 0.983 bits per heavy atom. The van der Waals surface area contributed by atoms with E-state index in [0.29, 0.717) is 0 Å². The Balaban J connectivity index is 1.01. The highest BCUT2D eigenvalue weighted by Crippen LogP contribution is 2.45. The van der Waals surface area contributed by atoms with Crippen molar-refractivity contribution in [1.29, 1.82) is 0 Å². The zero-order chi connectivity index (χ0) is 38.9. The van der Waals surface area contributed by atoms with Gasteiger partial charge in [0.1, 0.15) is 11.2 Å². The van der Waals surface area contributed by atoms with Crippen molar-refractivity contribution in [2.45, 2.75) is 0 Å². The summed E-state index contributed by atoms with van der Waals surface area (Å²) >= 11 is 0. The molecule has 0 aliphatic rings. The Labute approximate surface area is 341 Å². The minimum atomic E-state index is 0.866. The van der Waals surface area contributed by atoms with E-state index >= 15 is 0 Å². The molecule has 0 radical (unpaired) electrons. The van der Waals surface area contributed by atoms with Gasteiger partial charge in [0.2, 0.25) is 0 Å². The summed E-state index contributed by atoms with van der Waals surface area (Å²) in [6.07, 6.45) is 0. The predicted octanol–water partition coefficient (Wildman–Crippen LogP) is 15.8. The van der Waals surface area contributed by atoms with Gasteiger partial charge in [-0.3, -0.25) is 0 Å². The van der Waals surface area contributed by atoms with E-state index in [0.717, 1.165) is 55.6 Å². The average molecular weight is 753 g/mol. The fourth-order valence-corrected chi connectivity index (χ4v) is 9.23. The molecule has 0 bridgehead atoms. The van der Waals surface area contributed by atoms with Crippen LogP contribution in [0.5, 0.6) is 0 Å². The molecule has 0 fully saturated rings. The maximum atomic E-state index is 6.69. The zero-order valence-corrected chi connectivity index (χ0v) is 32.1. The SMILES string of the molecule is c1ccc(-n2c3ccccc3c3cc(-c4ccc(N(c5ccc(-c6cccc7ccccc67)cc5)c5cccc6oc7c8ccccc8ccc7c56)cc4)ccc32)cc1. The lowest BCUT2D eigenvalue weighted by molar-refractivity contribution is 0.672. The van der Waals surface area contributed by atoms with Gasteiger partial charge in [-0.2, -0.15) is 0 Å². The maximum Gasteiger partial charge on any atom is 0.143 e. The molecular formula is C56H36N2O. The van der Waals surface area contributed by atoms with Gasteiger partial charge in [-0.1, -0.05) is 146 Å². The first-order chi connectivity index (χ1) is 29.3. The van der Waals surface area contributed by atoms with Gasteiger partial charge in [0.05, 0.1) is 22.1 Å². The van der Waals surface area contributed by atoms with Gasteiger partial charge in [0, 0.05) is 38.6 Å². The van der Waals surface area contributed by atoms with Crippen LogP contribution in [0.25, 0.3) is 93.2 Å². The molecule has 0 aliphatic carbocycles. The van der Waals surface area contributed by atoms with Gasteiger partial charge < -0.3 is 13.9 Å². The Kier molecular flexibility index (Phi) is 7.54. The van der Waals surface area contributed by atoms with Crippen molar-refractivity contribution in [1.82, 2.24) is 4.57 Å². The van der Waals surface area contributed by atoms with E-state index in [1.807, 2.05) is 0 Å². The summed E-state index contributed by atoms with van der Waals surface area (Å²) in [5.74, 6) is 0. The Bertz CT molecular complexity index is 3540. The lowest BCUT2D eigenvalue weighted by Gasteiger charge is -2.26. The topological polar surface area (TPSA) is 21.3 Å². The molecule has 3 nitrogen and oxygen atoms in total. The van der Waals surface area contributed by atoms with Gasteiger partial charge in [0.25, 0.3) is 0 Å². The molecule has 0 saturated heterocycles. The molecule has 0 saturated carbocycles. The Hall–Kier alpha value is -7.88. The highest BCUT2D eigenvalue weighted by Gasteiger charge is 2.21. The molecule has 0 spiro atoms. The fourth-order valence-electron chi connectivity index (χ4n) is 9.23. The minimum absolute atomic E-state index is 0.866. The van der Waals surface area contributed by atoms with Crippen LogP contribution in [0.1, 0.15) is 0 Å². The predicted molar refractivity (Wildman–Crippen MR) is 249 cm³/mol. The summed E-state index contributed by atoms with van der Waals surface area (Å²) in [5.41, 5.74) is 13.3. The largest absolute Gasteiger partial charge is 0.455 e. The minimum Gasteiger partial charge on any atom is -0.455 e. The van der Waals surface area contributed by atoms with Crippen molar-refractivity contribution in [3.8, 4) is 27.9 Å². The zero-order valence-electron chi connectivity index (χ0n) is 32.1. The molecule has 2 aromatic heterocycles. The summed E-state index contributed by atoms with van der Waals surface area (Å²) in [5, 5.41) is 9.46. The van der Waals surface area contributed by atoms with Gasteiger partial charge in [-0.25, -0.2) is 0 Å². The standard InChI is InChI=1S/C56H36N2O/c1-2-15-42(16-3-1)58-51-21-9-8-19-48(51)50-36-41(29-35-52(50)58)37-24-30-43(31-25-37)57(44-32-26-40(27-33-44)46-20-10-14-38-12-4-6-17-45(38)46)53-22-11-23-54-55(53)49-34-28-39-13-5-7-18-47(39)56(49)59-54/h1-36H. The van der Waals surface area contributed by atoms with Crippen LogP contribution in [0.3, 0.4) is 0 Å². The third-order valence-electron chi connectivity index (χ3n) is 12.0. The molecule has 0 aliphatic heterocycles. The molecule has 12 rings (SSSR count). The maximum absolute atomic E-state index is 6.69. The van der Waals surface area contributed by atoms with Gasteiger partial charge in [-0.05, 0) is 111 Å². The fraction of sp³-hybridized carbons (Fsp3) is 0. The van der Waals surface area contributed by atoms with Crippen molar-refractivity contribution < 1.29 is 4.42 Å². The summed E-state index contributed by atoms with van der Waals surface area (Å²) in [6.45, 7) is 0. The Morgan fingerprint density at radius 3 is 1.78 bits per heavy atom. The van der Waals surface area contributed by atoms with Crippen molar-refractivity contribution in [3.63, 3.8) is 0 Å². The number of hydrogen-bond acceptors (Lipinski definition) is 2. The van der Waals surface area contributed by atoms with Crippen LogP contribution < -0.4 is 4.90 Å². The van der Waals surface area contributed by atoms with Crippen LogP contribution in [0, 0.1) is 0 Å². The molecule has 59 heavy (non-hydrogen) atoms. The smallest absolute Gasteiger partial charge is 0.143 e. The van der Waals surface area contributed by atoms with Crippen molar-refractivity contribution in [2.75, 3.05) is 4.90 Å². The van der Waals surface area contributed by atoms with E-state index < -0.39 is 0 Å². The van der Waals surface area contributed by atoms with Crippen LogP contribution in [0.2, 0.25) is 0 Å². The molecule has 0 N–H and O–H groups in total. The van der Waals surface area contributed by atoms with Crippen LogP contribution in [-0.2, 0) is 0 Å². The van der Waals surface area contributed by atoms with Crippen molar-refractivity contribution >= 4 is 82.4 Å². The number of furan rings is 1. The lowest BCUT2D eigenvalue weighted by atomic mass is 9.98. The first kappa shape index (κ1) is 33.3. The van der Waals surface area contributed by atoms with E-state index in [2.05, 4.69) is 228 Å². The highest BCUT2D eigenvalue weighted by atomic mass is 16.3. The van der Waals surface area contributed by atoms with E-state index in [9.17, 15) is 0 Å². The van der Waals surface area contributed by atoms with E-state index in [4.69, 9.17) is 4.42 Å². The van der Waals surface area contributed by atoms with E-state index in [1.165, 1.54) is 54.7 Å². The quantitative estimate of drug-likeness (QED) is 0.169. The number of hydrogen-bond donors (Lipinski definition) is 0. The summed E-state index contributed by atoms with van der Waals surface area (Å²) in [6, 6.07) is 78.6. The molecule has 276 valence electrons. The monoisotopic (exact) mass is 752 g/mol. The van der Waals surface area contributed by atoms with Crippen molar-refractivity contribution in [3.05, 3.63) is 218 Å². The van der Waals surface area contributed by atoms with Gasteiger partial charge in [-0.15, -0.1) is 0 Å². The van der Waals surface area contributed by atoms with Crippen LogP contribution in [-0.4, -0.2) is 4.57 Å². The molecule has 3 heteroatoms. The number of aromatic nitrogens is 1. The summed E-state index contributed by atoms with van der Waals surface area (Å²) in [4.78, 5) is 2.37. The number of nitrogens with zero attached hydrogens (tertiary/aromatic N) is 2. The second-order valence-corrected chi connectivity index (χ2v) is 15.3. The van der Waals surface area contributed by atoms with Crippen LogP contribution >= 0.6 is 0 Å². The highest BCUT2D eigenvalue weighted by molar-refractivity contribution is 6.19. The molecule has 0 amide bonds. The third kappa shape index (κ3) is 5.36. The molecule has 12 aromatic rings. The van der Waals surface area contributed by atoms with Crippen molar-refractivity contribution in [2.24, 2.45) is 0 Å². The summed E-state index contributed by atoms with van der Waals surface area (Å²) in [7, 11) is 0. The molecular weight excluding hydrogens is 717 g/mol. The van der Waals surface area contributed by atoms with Crippen LogP contribution in [0.4, 0.5) is 17.1 Å². The first-order valence-corrected chi connectivity index (χ1v) is 20.2. The first-order valence-electron chi connectivity index (χ1n) is 20.2. The number of fused-ring (bicyclic) bond motifs is 9. The molecule has 10 aromatic carbocycles. The van der Waals surface area contributed by atoms with E-state index in [-0.39, 0.29) is 0 Å². The summed E-state index contributed by atoms with van der Waals surface area (Å²) < 4.78 is 9.06. The Morgan fingerprint density at radius 1 is 0.373 bits per heavy atom. The molecule has 2 heterocycles. The molecule has 0 unspecified atom stereocenters. The van der Waals surface area contributed by atoms with E-state index in [1.54, 1.807) is 0 Å². The second-order valence-electron chi connectivity index (χ2n) is 15.3. The molecule has 0 atom stereocenters. The van der Waals surface area contributed by atoms with Crippen LogP contribution in [0.15, 0.2) is 223 Å². The van der Waals surface area contributed by atoms with Gasteiger partial charge >= 0.3 is 0 Å². The number of anilines is 3. The lowest BCUT2D eigenvalue weighted by Crippen LogP contribution is -2.10. The number of benzene rings is 10. The normalized spacial score (nSPS) is 11.7. The van der Waals surface area contributed by atoms with Gasteiger partial charge in [0.15, 0.2) is 0 Å². The number of rotatable bonds is 6. The average Bonchev–Trinajstić information content (AvgIpc) is 3.86. The number of para-hydroxylation sites is 2. The second kappa shape index (κ2) is 13.4.